The van der Waals surface area contributed by atoms with E-state index in [0.29, 0.717) is 18.9 Å². The Morgan fingerprint density at radius 1 is 1.43 bits per heavy atom. The average Bonchev–Trinajstić information content (AvgIpc) is 2.50. The van der Waals surface area contributed by atoms with E-state index in [4.69, 9.17) is 0 Å². The highest BCUT2D eigenvalue weighted by Crippen LogP contribution is 2.29. The van der Waals surface area contributed by atoms with Crippen LogP contribution >= 0.6 is 0 Å². The summed E-state index contributed by atoms with van der Waals surface area (Å²) >= 11 is 0. The Morgan fingerprint density at radius 3 is 2.81 bits per heavy atom. The van der Waals surface area contributed by atoms with Crippen LogP contribution in [-0.4, -0.2) is 30.2 Å². The lowest BCUT2D eigenvalue weighted by molar-refractivity contribution is -0.141. The van der Waals surface area contributed by atoms with Gasteiger partial charge in [-0.2, -0.15) is 0 Å². The van der Waals surface area contributed by atoms with Crippen LogP contribution in [0.4, 0.5) is 10.5 Å². The van der Waals surface area contributed by atoms with E-state index in [-0.39, 0.29) is 12.6 Å². The molecule has 1 aromatic rings. The number of nitrogens with zero attached hydrogens (tertiary/aromatic N) is 1. The average molecular weight is 290 g/mol. The van der Waals surface area contributed by atoms with Gasteiger partial charge in [-0.1, -0.05) is 38.5 Å². The maximum Gasteiger partial charge on any atom is 0.321 e. The molecule has 114 valence electrons. The number of carboxylic acids is 1. The van der Waals surface area contributed by atoms with Gasteiger partial charge in [-0.05, 0) is 24.0 Å². The first-order valence-corrected chi connectivity index (χ1v) is 7.39. The number of carboxylic acid groups (broad SMARTS) is 1. The van der Waals surface area contributed by atoms with Crippen LogP contribution in [0.25, 0.3) is 0 Å². The molecule has 5 nitrogen and oxygen atoms in total. The summed E-state index contributed by atoms with van der Waals surface area (Å²) in [6, 6.07) is 7.29. The molecule has 0 spiro atoms. The van der Waals surface area contributed by atoms with E-state index in [1.807, 2.05) is 24.3 Å². The lowest BCUT2D eigenvalue weighted by Gasteiger charge is -2.33. The van der Waals surface area contributed by atoms with Gasteiger partial charge in [-0.15, -0.1) is 0 Å². The Morgan fingerprint density at radius 2 is 2.14 bits per heavy atom. The zero-order valence-electron chi connectivity index (χ0n) is 12.5. The van der Waals surface area contributed by atoms with Gasteiger partial charge in [-0.25, -0.2) is 4.79 Å². The lowest BCUT2D eigenvalue weighted by Crippen LogP contribution is -2.48. The van der Waals surface area contributed by atoms with Gasteiger partial charge in [0.15, 0.2) is 0 Å². The fourth-order valence-corrected chi connectivity index (χ4v) is 2.45. The molecule has 0 saturated heterocycles. The Hall–Kier alpha value is -2.04. The zero-order valence-corrected chi connectivity index (χ0v) is 12.5. The normalized spacial score (nSPS) is 18.8. The number of nitrogens with one attached hydrogen (secondary N) is 1. The summed E-state index contributed by atoms with van der Waals surface area (Å²) in [6.07, 6.45) is 1.47. The van der Waals surface area contributed by atoms with E-state index >= 15 is 0 Å². The van der Waals surface area contributed by atoms with Gasteiger partial charge in [0.2, 0.25) is 0 Å². The molecule has 2 N–H and O–H groups in total. The van der Waals surface area contributed by atoms with Gasteiger partial charge in [0.05, 0.1) is 5.92 Å². The summed E-state index contributed by atoms with van der Waals surface area (Å²) in [5.41, 5.74) is 1.73. The van der Waals surface area contributed by atoms with Gasteiger partial charge in [0.1, 0.15) is 0 Å². The monoisotopic (exact) mass is 290 g/mol. The number of amides is 2. The molecule has 2 unspecified atom stereocenters. The molecular weight excluding hydrogens is 268 g/mol. The van der Waals surface area contributed by atoms with Crippen molar-refractivity contribution in [3.63, 3.8) is 0 Å². The second-order valence-electron chi connectivity index (χ2n) is 5.68. The van der Waals surface area contributed by atoms with Crippen molar-refractivity contribution in [2.45, 2.75) is 26.7 Å². The minimum Gasteiger partial charge on any atom is -0.481 e. The van der Waals surface area contributed by atoms with E-state index < -0.39 is 11.9 Å². The number of carbonyl (C=O) groups is 2. The SMILES string of the molecule is CCC(C)CNC(=O)N1CC(C(=O)O)Cc2ccccc21. The number of anilines is 1. The van der Waals surface area contributed by atoms with Gasteiger partial charge in [-0.3, -0.25) is 9.69 Å². The Bertz CT molecular complexity index is 530. The third-order valence-corrected chi connectivity index (χ3v) is 4.04. The van der Waals surface area contributed by atoms with Crippen molar-refractivity contribution in [1.29, 1.82) is 0 Å². The first kappa shape index (κ1) is 15.4. The number of aliphatic carboxylic acids is 1. The summed E-state index contributed by atoms with van der Waals surface area (Å²) in [6.45, 7) is 4.97. The van der Waals surface area contributed by atoms with E-state index in [1.165, 1.54) is 0 Å². The lowest BCUT2D eigenvalue weighted by atomic mass is 9.93. The number of rotatable bonds is 4. The fourth-order valence-electron chi connectivity index (χ4n) is 2.45. The fraction of sp³-hybridized carbons (Fsp3) is 0.500. The number of carbonyl (C=O) groups excluding carboxylic acids is 1. The summed E-state index contributed by atoms with van der Waals surface area (Å²) in [7, 11) is 0. The van der Waals surface area contributed by atoms with Crippen molar-refractivity contribution in [2.24, 2.45) is 11.8 Å². The molecule has 0 saturated carbocycles. The molecule has 1 aromatic carbocycles. The van der Waals surface area contributed by atoms with Gasteiger partial charge in [0, 0.05) is 18.8 Å². The van der Waals surface area contributed by atoms with E-state index in [1.54, 1.807) is 4.90 Å². The predicted molar refractivity (Wildman–Crippen MR) is 81.5 cm³/mol. The summed E-state index contributed by atoms with van der Waals surface area (Å²) in [5.74, 6) is -0.997. The standard InChI is InChI=1S/C16H22N2O3/c1-3-11(2)9-17-16(21)18-10-13(15(19)20)8-12-6-4-5-7-14(12)18/h4-7,11,13H,3,8-10H2,1-2H3,(H,17,21)(H,19,20). The van der Waals surface area contributed by atoms with Crippen molar-refractivity contribution in [3.05, 3.63) is 29.8 Å². The molecule has 1 aliphatic rings. The van der Waals surface area contributed by atoms with Crippen LogP contribution in [0, 0.1) is 11.8 Å². The zero-order chi connectivity index (χ0) is 15.4. The Labute approximate surface area is 125 Å². The molecule has 0 bridgehead atoms. The predicted octanol–water partition coefficient (Wildman–Crippen LogP) is 2.51. The number of fused-ring (bicyclic) bond motifs is 1. The van der Waals surface area contributed by atoms with Gasteiger partial charge < -0.3 is 10.4 Å². The number of hydrogen-bond donors (Lipinski definition) is 2. The van der Waals surface area contributed by atoms with E-state index in [0.717, 1.165) is 17.7 Å². The van der Waals surface area contributed by atoms with Crippen LogP contribution in [0.2, 0.25) is 0 Å². The van der Waals surface area contributed by atoms with Crippen molar-refractivity contribution in [3.8, 4) is 0 Å². The first-order chi connectivity index (χ1) is 10.0. The molecule has 2 atom stereocenters. The minimum atomic E-state index is -0.857. The molecule has 1 aliphatic heterocycles. The molecule has 0 aromatic heterocycles. The highest BCUT2D eigenvalue weighted by atomic mass is 16.4. The molecule has 0 radical (unpaired) electrons. The topological polar surface area (TPSA) is 69.6 Å². The number of para-hydroxylation sites is 1. The first-order valence-electron chi connectivity index (χ1n) is 7.39. The van der Waals surface area contributed by atoms with Gasteiger partial charge >= 0.3 is 12.0 Å². The molecule has 0 aliphatic carbocycles. The van der Waals surface area contributed by atoms with Crippen molar-refractivity contribution in [2.75, 3.05) is 18.0 Å². The van der Waals surface area contributed by atoms with Crippen molar-refractivity contribution < 1.29 is 14.7 Å². The summed E-state index contributed by atoms with van der Waals surface area (Å²) < 4.78 is 0. The third-order valence-electron chi connectivity index (χ3n) is 4.04. The third kappa shape index (κ3) is 3.54. The maximum absolute atomic E-state index is 12.4. The summed E-state index contributed by atoms with van der Waals surface area (Å²) in [5, 5.41) is 12.2. The highest BCUT2D eigenvalue weighted by Gasteiger charge is 2.32. The van der Waals surface area contributed by atoms with Crippen LogP contribution in [-0.2, 0) is 11.2 Å². The number of benzene rings is 1. The van der Waals surface area contributed by atoms with Gasteiger partial charge in [0.25, 0.3) is 0 Å². The van der Waals surface area contributed by atoms with E-state index in [2.05, 4.69) is 19.2 Å². The van der Waals surface area contributed by atoms with Crippen LogP contribution in [0.3, 0.4) is 0 Å². The minimum absolute atomic E-state index is 0.214. The molecule has 1 heterocycles. The van der Waals surface area contributed by atoms with Crippen LogP contribution in [0.15, 0.2) is 24.3 Å². The molecular formula is C16H22N2O3. The Kier molecular flexibility index (Phi) is 4.83. The maximum atomic E-state index is 12.4. The molecule has 21 heavy (non-hydrogen) atoms. The van der Waals surface area contributed by atoms with Crippen molar-refractivity contribution in [1.82, 2.24) is 5.32 Å². The number of hydrogen-bond acceptors (Lipinski definition) is 2. The van der Waals surface area contributed by atoms with Crippen LogP contribution < -0.4 is 10.2 Å². The quantitative estimate of drug-likeness (QED) is 0.895. The van der Waals surface area contributed by atoms with Crippen LogP contribution in [0.1, 0.15) is 25.8 Å². The van der Waals surface area contributed by atoms with Crippen LogP contribution in [0.5, 0.6) is 0 Å². The molecule has 2 amide bonds. The second kappa shape index (κ2) is 6.61. The van der Waals surface area contributed by atoms with Crippen molar-refractivity contribution >= 4 is 17.7 Å². The highest BCUT2D eigenvalue weighted by molar-refractivity contribution is 5.94. The molecule has 5 heteroatoms. The molecule has 0 fully saturated rings. The smallest absolute Gasteiger partial charge is 0.321 e. The second-order valence-corrected chi connectivity index (χ2v) is 5.68. The Balaban J connectivity index is 2.17. The largest absolute Gasteiger partial charge is 0.481 e. The van der Waals surface area contributed by atoms with E-state index in [9.17, 15) is 14.7 Å². The number of urea groups is 1. The molecule has 2 rings (SSSR count). The summed E-state index contributed by atoms with van der Waals surface area (Å²) in [4.78, 5) is 25.2.